The van der Waals surface area contributed by atoms with Crippen molar-refractivity contribution in [3.05, 3.63) is 28.8 Å². The van der Waals surface area contributed by atoms with Gasteiger partial charge in [0.1, 0.15) is 5.75 Å². The molecule has 0 aliphatic heterocycles. The third-order valence-electron chi connectivity index (χ3n) is 2.88. The fourth-order valence-electron chi connectivity index (χ4n) is 2.14. The number of phenols is 1. The van der Waals surface area contributed by atoms with Crippen molar-refractivity contribution in [3.8, 4) is 5.75 Å². The number of hydrogen-bond acceptors (Lipinski definition) is 3. The molecule has 15 heavy (non-hydrogen) atoms. The van der Waals surface area contributed by atoms with Crippen molar-refractivity contribution in [1.29, 1.82) is 0 Å². The minimum Gasteiger partial charge on any atom is -0.507 e. The van der Waals surface area contributed by atoms with Crippen LogP contribution in [0.5, 0.6) is 5.75 Å². The van der Waals surface area contributed by atoms with Gasteiger partial charge in [0.15, 0.2) is 0 Å². The Hall–Kier alpha value is -1.55. The maximum absolute atomic E-state index is 11.2. The van der Waals surface area contributed by atoms with Gasteiger partial charge in [-0.15, -0.1) is 0 Å². The molecule has 0 aromatic heterocycles. The van der Waals surface area contributed by atoms with Gasteiger partial charge in [0.05, 0.1) is 5.56 Å². The van der Waals surface area contributed by atoms with Crippen LogP contribution in [0.1, 0.15) is 27.9 Å². The summed E-state index contributed by atoms with van der Waals surface area (Å²) in [6.07, 6.45) is 2.29. The normalized spacial score (nSPS) is 19.7. The highest BCUT2D eigenvalue weighted by Crippen LogP contribution is 2.29. The van der Waals surface area contributed by atoms with Crippen molar-refractivity contribution in [3.63, 3.8) is 0 Å². The van der Waals surface area contributed by atoms with Crippen molar-refractivity contribution in [2.45, 2.75) is 25.3 Å². The van der Waals surface area contributed by atoms with Gasteiger partial charge in [-0.2, -0.15) is 0 Å². The van der Waals surface area contributed by atoms with Crippen molar-refractivity contribution in [2.24, 2.45) is 11.5 Å². The average molecular weight is 206 g/mol. The van der Waals surface area contributed by atoms with Crippen LogP contribution in [0.25, 0.3) is 0 Å². The molecule has 1 aromatic rings. The van der Waals surface area contributed by atoms with E-state index >= 15 is 0 Å². The average Bonchev–Trinajstić information content (AvgIpc) is 2.17. The number of aromatic hydroxyl groups is 1. The quantitative estimate of drug-likeness (QED) is 0.617. The molecule has 0 spiro atoms. The molecule has 1 amide bonds. The second-order valence-corrected chi connectivity index (χ2v) is 3.96. The Bertz CT molecular complexity index is 415. The maximum atomic E-state index is 11.2. The Morgan fingerprint density at radius 3 is 2.87 bits per heavy atom. The van der Waals surface area contributed by atoms with Gasteiger partial charge < -0.3 is 16.6 Å². The molecule has 1 aliphatic carbocycles. The van der Waals surface area contributed by atoms with Gasteiger partial charge in [-0.1, -0.05) is 6.07 Å². The number of carbonyl (C=O) groups is 1. The Balaban J connectivity index is 2.55. The lowest BCUT2D eigenvalue weighted by atomic mass is 9.85. The number of nitrogens with two attached hydrogens (primary N) is 2. The predicted octanol–water partition coefficient (Wildman–Crippen LogP) is 0.307. The third kappa shape index (κ3) is 1.68. The van der Waals surface area contributed by atoms with Gasteiger partial charge >= 0.3 is 0 Å². The van der Waals surface area contributed by atoms with E-state index in [9.17, 15) is 9.90 Å². The van der Waals surface area contributed by atoms with Gasteiger partial charge in [-0.25, -0.2) is 0 Å². The molecule has 1 atom stereocenters. The van der Waals surface area contributed by atoms with Crippen LogP contribution in [0.2, 0.25) is 0 Å². The molecule has 1 aliphatic rings. The monoisotopic (exact) mass is 206 g/mol. The van der Waals surface area contributed by atoms with E-state index in [-0.39, 0.29) is 17.4 Å². The lowest BCUT2D eigenvalue weighted by Crippen LogP contribution is -2.29. The Morgan fingerprint density at radius 1 is 1.47 bits per heavy atom. The molecule has 0 radical (unpaired) electrons. The summed E-state index contributed by atoms with van der Waals surface area (Å²) in [6, 6.07) is 3.47. The fourth-order valence-corrected chi connectivity index (χ4v) is 2.14. The van der Waals surface area contributed by atoms with Crippen molar-refractivity contribution in [1.82, 2.24) is 0 Å². The molecule has 0 fully saturated rings. The summed E-state index contributed by atoms with van der Waals surface area (Å²) >= 11 is 0. The summed E-state index contributed by atoms with van der Waals surface area (Å²) in [6.45, 7) is 0. The van der Waals surface area contributed by atoms with Crippen molar-refractivity contribution in [2.75, 3.05) is 0 Å². The first-order valence-corrected chi connectivity index (χ1v) is 4.98. The predicted molar refractivity (Wildman–Crippen MR) is 56.6 cm³/mol. The summed E-state index contributed by atoms with van der Waals surface area (Å²) in [5.41, 5.74) is 13.2. The minimum atomic E-state index is -0.570. The van der Waals surface area contributed by atoms with Crippen LogP contribution in [-0.4, -0.2) is 17.1 Å². The molecular formula is C11H14N2O2. The van der Waals surface area contributed by atoms with E-state index in [1.54, 1.807) is 0 Å². The van der Waals surface area contributed by atoms with Crippen LogP contribution in [0.3, 0.4) is 0 Å². The second kappa shape index (κ2) is 3.55. The molecule has 4 heteroatoms. The van der Waals surface area contributed by atoms with E-state index < -0.39 is 5.91 Å². The number of fused-ring (bicyclic) bond motifs is 1. The lowest BCUT2D eigenvalue weighted by molar-refractivity contribution is 0.0996. The van der Waals surface area contributed by atoms with Gasteiger partial charge in [0, 0.05) is 6.04 Å². The van der Waals surface area contributed by atoms with E-state index in [2.05, 4.69) is 0 Å². The summed E-state index contributed by atoms with van der Waals surface area (Å²) in [7, 11) is 0. The highest BCUT2D eigenvalue weighted by Gasteiger charge is 2.22. The number of primary amides is 1. The summed E-state index contributed by atoms with van der Waals surface area (Å²) in [4.78, 5) is 11.2. The first-order chi connectivity index (χ1) is 7.09. The highest BCUT2D eigenvalue weighted by molar-refractivity contribution is 5.97. The molecule has 0 heterocycles. The van der Waals surface area contributed by atoms with Crippen LogP contribution in [0.4, 0.5) is 0 Å². The maximum Gasteiger partial charge on any atom is 0.252 e. The van der Waals surface area contributed by atoms with E-state index in [1.165, 1.54) is 6.07 Å². The molecule has 1 unspecified atom stereocenters. The van der Waals surface area contributed by atoms with Gasteiger partial charge in [0.25, 0.3) is 5.91 Å². The van der Waals surface area contributed by atoms with Crippen LogP contribution >= 0.6 is 0 Å². The third-order valence-corrected chi connectivity index (χ3v) is 2.88. The van der Waals surface area contributed by atoms with E-state index in [0.717, 1.165) is 24.0 Å². The van der Waals surface area contributed by atoms with Crippen molar-refractivity contribution < 1.29 is 9.90 Å². The second-order valence-electron chi connectivity index (χ2n) is 3.96. The fraction of sp³-hybridized carbons (Fsp3) is 0.364. The van der Waals surface area contributed by atoms with Crippen LogP contribution < -0.4 is 11.5 Å². The Morgan fingerprint density at radius 2 is 2.20 bits per heavy atom. The molecule has 0 saturated carbocycles. The summed E-state index contributed by atoms with van der Waals surface area (Å²) in [5, 5.41) is 9.57. The number of amides is 1. The molecule has 5 N–H and O–H groups in total. The van der Waals surface area contributed by atoms with Crippen molar-refractivity contribution >= 4 is 5.91 Å². The standard InChI is InChI=1S/C11H14N2O2/c12-7-2-3-8-6(5-7)1-4-9(14)10(8)11(13)15/h1,4,7,14H,2-3,5,12H2,(H2,13,15). The molecular weight excluding hydrogens is 192 g/mol. The zero-order valence-corrected chi connectivity index (χ0v) is 8.36. The zero-order valence-electron chi connectivity index (χ0n) is 8.36. The number of carbonyl (C=O) groups excluding carboxylic acids is 1. The molecule has 80 valence electrons. The molecule has 1 aromatic carbocycles. The largest absolute Gasteiger partial charge is 0.507 e. The van der Waals surface area contributed by atoms with E-state index in [1.807, 2.05) is 6.07 Å². The molecule has 0 bridgehead atoms. The molecule has 2 rings (SSSR count). The smallest absolute Gasteiger partial charge is 0.252 e. The summed E-state index contributed by atoms with van der Waals surface area (Å²) in [5.74, 6) is -0.600. The van der Waals surface area contributed by atoms with E-state index in [4.69, 9.17) is 11.5 Å². The summed E-state index contributed by atoms with van der Waals surface area (Å²) < 4.78 is 0. The number of benzene rings is 1. The Kier molecular flexibility index (Phi) is 2.36. The topological polar surface area (TPSA) is 89.3 Å². The molecule has 4 nitrogen and oxygen atoms in total. The van der Waals surface area contributed by atoms with Gasteiger partial charge in [-0.3, -0.25) is 4.79 Å². The molecule has 0 saturated heterocycles. The van der Waals surface area contributed by atoms with Crippen LogP contribution in [0.15, 0.2) is 12.1 Å². The first-order valence-electron chi connectivity index (χ1n) is 4.98. The number of rotatable bonds is 1. The zero-order chi connectivity index (χ0) is 11.0. The minimum absolute atomic E-state index is 0.0308. The van der Waals surface area contributed by atoms with Gasteiger partial charge in [-0.05, 0) is 36.5 Å². The lowest BCUT2D eigenvalue weighted by Gasteiger charge is -2.23. The first kappa shape index (κ1) is 9.98. The van der Waals surface area contributed by atoms with Crippen LogP contribution in [-0.2, 0) is 12.8 Å². The van der Waals surface area contributed by atoms with Gasteiger partial charge in [0.2, 0.25) is 0 Å². The highest BCUT2D eigenvalue weighted by atomic mass is 16.3. The number of hydrogen-bond donors (Lipinski definition) is 3. The van der Waals surface area contributed by atoms with Crippen LogP contribution in [0, 0.1) is 0 Å². The SMILES string of the molecule is NC(=O)c1c(O)ccc2c1CCC(N)C2. The van der Waals surface area contributed by atoms with E-state index in [0.29, 0.717) is 6.42 Å². The Labute approximate surface area is 87.9 Å².